The number of benzene rings is 1. The number of esters is 2. The number of hydrogen-bond donors (Lipinski definition) is 1. The molecule has 0 radical (unpaired) electrons. The SMILES string of the molecule is COC(=O)c1c(NC(=O)COC(=O)c2ccccc2Cl)sc2c1CCCC2. The molecule has 6 nitrogen and oxygen atoms in total. The Labute approximate surface area is 165 Å². The largest absolute Gasteiger partial charge is 0.465 e. The molecule has 1 aliphatic rings. The number of rotatable bonds is 5. The Kier molecular flexibility index (Phi) is 6.13. The highest BCUT2D eigenvalue weighted by Gasteiger charge is 2.27. The van der Waals surface area contributed by atoms with Crippen molar-refractivity contribution in [3.63, 3.8) is 0 Å². The van der Waals surface area contributed by atoms with Crippen molar-refractivity contribution in [2.24, 2.45) is 0 Å². The first kappa shape index (κ1) is 19.4. The van der Waals surface area contributed by atoms with Crippen LogP contribution in [0.2, 0.25) is 5.02 Å². The molecule has 0 atom stereocenters. The summed E-state index contributed by atoms with van der Waals surface area (Å²) in [7, 11) is 1.31. The van der Waals surface area contributed by atoms with Crippen LogP contribution in [0, 0.1) is 0 Å². The Morgan fingerprint density at radius 2 is 1.89 bits per heavy atom. The number of carbonyl (C=O) groups excluding carboxylic acids is 3. The number of methoxy groups -OCH3 is 1. The zero-order valence-corrected chi connectivity index (χ0v) is 16.2. The van der Waals surface area contributed by atoms with Gasteiger partial charge in [0.1, 0.15) is 5.00 Å². The Morgan fingerprint density at radius 3 is 2.63 bits per heavy atom. The number of hydrogen-bond acceptors (Lipinski definition) is 6. The van der Waals surface area contributed by atoms with Gasteiger partial charge in [0.25, 0.3) is 5.91 Å². The van der Waals surface area contributed by atoms with E-state index in [9.17, 15) is 14.4 Å². The van der Waals surface area contributed by atoms with Gasteiger partial charge in [0.2, 0.25) is 0 Å². The van der Waals surface area contributed by atoms with Crippen LogP contribution < -0.4 is 5.32 Å². The van der Waals surface area contributed by atoms with Gasteiger partial charge in [-0.25, -0.2) is 9.59 Å². The summed E-state index contributed by atoms with van der Waals surface area (Å²) in [6.45, 7) is -0.479. The van der Waals surface area contributed by atoms with Crippen LogP contribution >= 0.6 is 22.9 Å². The van der Waals surface area contributed by atoms with Gasteiger partial charge in [0, 0.05) is 4.88 Å². The molecule has 0 bridgehead atoms. The van der Waals surface area contributed by atoms with Gasteiger partial charge in [-0.3, -0.25) is 4.79 Å². The van der Waals surface area contributed by atoms with Crippen LogP contribution in [0.25, 0.3) is 0 Å². The van der Waals surface area contributed by atoms with Gasteiger partial charge >= 0.3 is 11.9 Å². The van der Waals surface area contributed by atoms with Crippen molar-refractivity contribution in [3.8, 4) is 0 Å². The Morgan fingerprint density at radius 1 is 1.15 bits per heavy atom. The first-order chi connectivity index (χ1) is 13.0. The molecule has 1 heterocycles. The normalized spacial score (nSPS) is 12.8. The molecule has 8 heteroatoms. The highest BCUT2D eigenvalue weighted by Crippen LogP contribution is 2.38. The van der Waals surface area contributed by atoms with Crippen LogP contribution in [0.15, 0.2) is 24.3 Å². The first-order valence-corrected chi connectivity index (χ1v) is 9.65. The molecular formula is C19H18ClNO5S. The fraction of sp³-hybridized carbons (Fsp3) is 0.316. The second-order valence-electron chi connectivity index (χ2n) is 6.01. The number of anilines is 1. The van der Waals surface area contributed by atoms with Gasteiger partial charge in [0.15, 0.2) is 6.61 Å². The van der Waals surface area contributed by atoms with Crippen molar-refractivity contribution in [2.75, 3.05) is 19.0 Å². The van der Waals surface area contributed by atoms with E-state index in [0.717, 1.165) is 36.1 Å². The average molecular weight is 408 g/mol. The van der Waals surface area contributed by atoms with E-state index in [2.05, 4.69) is 5.32 Å². The van der Waals surface area contributed by atoms with Crippen LogP contribution in [0.4, 0.5) is 5.00 Å². The third-order valence-electron chi connectivity index (χ3n) is 4.24. The monoisotopic (exact) mass is 407 g/mol. The van der Waals surface area contributed by atoms with E-state index in [1.165, 1.54) is 24.5 Å². The van der Waals surface area contributed by atoms with E-state index >= 15 is 0 Å². The molecule has 0 spiro atoms. The molecule has 0 saturated heterocycles. The minimum absolute atomic E-state index is 0.189. The highest BCUT2D eigenvalue weighted by molar-refractivity contribution is 7.17. The number of carbonyl (C=O) groups is 3. The van der Waals surface area contributed by atoms with E-state index in [0.29, 0.717) is 10.6 Å². The molecule has 3 rings (SSSR count). The maximum Gasteiger partial charge on any atom is 0.341 e. The van der Waals surface area contributed by atoms with E-state index in [4.69, 9.17) is 21.1 Å². The van der Waals surface area contributed by atoms with Gasteiger partial charge in [-0.1, -0.05) is 23.7 Å². The van der Waals surface area contributed by atoms with Gasteiger partial charge in [-0.2, -0.15) is 0 Å². The third kappa shape index (κ3) is 4.31. The zero-order valence-electron chi connectivity index (χ0n) is 14.7. The summed E-state index contributed by atoms with van der Waals surface area (Å²) in [5.74, 6) is -1.69. The molecule has 1 aliphatic carbocycles. The summed E-state index contributed by atoms with van der Waals surface area (Å²) in [5, 5.41) is 3.36. The molecule has 0 unspecified atom stereocenters. The van der Waals surface area contributed by atoms with Crippen LogP contribution in [0.1, 0.15) is 44.0 Å². The number of aryl methyl sites for hydroxylation is 1. The molecule has 0 fully saturated rings. The minimum atomic E-state index is -0.686. The lowest BCUT2D eigenvalue weighted by Gasteiger charge is -2.11. The molecular weight excluding hydrogens is 390 g/mol. The maximum absolute atomic E-state index is 12.2. The number of thiophene rings is 1. The van der Waals surface area contributed by atoms with Crippen LogP contribution in [-0.2, 0) is 27.1 Å². The average Bonchev–Trinajstić information content (AvgIpc) is 3.03. The molecule has 1 aromatic carbocycles. The van der Waals surface area contributed by atoms with E-state index in [1.807, 2.05) is 0 Å². The number of nitrogens with one attached hydrogen (secondary N) is 1. The van der Waals surface area contributed by atoms with E-state index in [-0.39, 0.29) is 10.6 Å². The predicted octanol–water partition coefficient (Wildman–Crippen LogP) is 3.86. The van der Waals surface area contributed by atoms with Crippen LogP contribution in [-0.4, -0.2) is 31.6 Å². The summed E-state index contributed by atoms with van der Waals surface area (Å²) in [6.07, 6.45) is 3.71. The number of fused-ring (bicyclic) bond motifs is 1. The molecule has 2 aromatic rings. The second kappa shape index (κ2) is 8.54. The molecule has 27 heavy (non-hydrogen) atoms. The lowest BCUT2D eigenvalue weighted by Crippen LogP contribution is -2.22. The van der Waals surface area contributed by atoms with Gasteiger partial charge in [-0.05, 0) is 43.4 Å². The van der Waals surface area contributed by atoms with Crippen LogP contribution in [0.5, 0.6) is 0 Å². The van der Waals surface area contributed by atoms with Crippen molar-refractivity contribution < 1.29 is 23.9 Å². The summed E-state index contributed by atoms with van der Waals surface area (Å²) in [6, 6.07) is 6.43. The Bertz CT molecular complexity index is 892. The lowest BCUT2D eigenvalue weighted by atomic mass is 9.95. The summed E-state index contributed by atoms with van der Waals surface area (Å²) < 4.78 is 9.89. The molecule has 1 amide bonds. The predicted molar refractivity (Wildman–Crippen MR) is 103 cm³/mol. The Balaban J connectivity index is 1.69. The lowest BCUT2D eigenvalue weighted by molar-refractivity contribution is -0.119. The number of ether oxygens (including phenoxy) is 2. The van der Waals surface area contributed by atoms with Gasteiger partial charge < -0.3 is 14.8 Å². The Hall–Kier alpha value is -2.38. The van der Waals surface area contributed by atoms with E-state index < -0.39 is 24.5 Å². The fourth-order valence-electron chi connectivity index (χ4n) is 2.97. The molecule has 1 N–H and O–H groups in total. The quantitative estimate of drug-likeness (QED) is 0.761. The standard InChI is InChI=1S/C19H18ClNO5S/c1-25-19(24)16-12-7-3-5-9-14(12)27-17(16)21-15(22)10-26-18(23)11-6-2-4-8-13(11)20/h2,4,6,8H,3,5,7,9-10H2,1H3,(H,21,22). The molecule has 1 aromatic heterocycles. The molecule has 0 saturated carbocycles. The van der Waals surface area contributed by atoms with Gasteiger partial charge in [-0.15, -0.1) is 11.3 Å². The summed E-state index contributed by atoms with van der Waals surface area (Å²) >= 11 is 7.32. The maximum atomic E-state index is 12.2. The highest BCUT2D eigenvalue weighted by atomic mass is 35.5. The van der Waals surface area contributed by atoms with Crippen LogP contribution in [0.3, 0.4) is 0 Å². The molecule has 0 aliphatic heterocycles. The van der Waals surface area contributed by atoms with Crippen molar-refractivity contribution >= 4 is 45.8 Å². The smallest absolute Gasteiger partial charge is 0.341 e. The van der Waals surface area contributed by atoms with Crippen molar-refractivity contribution in [2.45, 2.75) is 25.7 Å². The second-order valence-corrected chi connectivity index (χ2v) is 7.52. The van der Waals surface area contributed by atoms with E-state index in [1.54, 1.807) is 18.2 Å². The number of halogens is 1. The van der Waals surface area contributed by atoms with Crippen molar-refractivity contribution in [3.05, 3.63) is 50.9 Å². The fourth-order valence-corrected chi connectivity index (χ4v) is 4.48. The first-order valence-electron chi connectivity index (χ1n) is 8.45. The summed E-state index contributed by atoms with van der Waals surface area (Å²) in [4.78, 5) is 37.5. The summed E-state index contributed by atoms with van der Waals surface area (Å²) in [5.41, 5.74) is 1.54. The minimum Gasteiger partial charge on any atom is -0.465 e. The topological polar surface area (TPSA) is 81.7 Å². The van der Waals surface area contributed by atoms with Crippen molar-refractivity contribution in [1.29, 1.82) is 0 Å². The molecule has 142 valence electrons. The zero-order chi connectivity index (χ0) is 19.4. The number of amides is 1. The van der Waals surface area contributed by atoms with Crippen molar-refractivity contribution in [1.82, 2.24) is 0 Å². The third-order valence-corrected chi connectivity index (χ3v) is 5.78. The van der Waals surface area contributed by atoms with Gasteiger partial charge in [0.05, 0.1) is 23.3 Å².